The summed E-state index contributed by atoms with van der Waals surface area (Å²) in [6, 6.07) is 4.83. The number of carbonyl (C=O) groups excluding carboxylic acids is 2. The van der Waals surface area contributed by atoms with Crippen molar-refractivity contribution in [3.63, 3.8) is 0 Å². The van der Waals surface area contributed by atoms with E-state index in [0.717, 1.165) is 0 Å². The number of rotatable bonds is 11. The van der Waals surface area contributed by atoms with Gasteiger partial charge in [0.25, 0.3) is 5.91 Å². The smallest absolute Gasteiger partial charge is 0.258 e. The highest BCUT2D eigenvalue weighted by Gasteiger charge is 2.27. The zero-order valence-corrected chi connectivity index (χ0v) is 20.4. The average Bonchev–Trinajstić information content (AvgIpc) is 2.78. The lowest BCUT2D eigenvalue weighted by Gasteiger charge is -2.16. The fraction of sp³-hybridized carbons (Fsp3) is 0.364. The summed E-state index contributed by atoms with van der Waals surface area (Å²) in [7, 11) is 2.84. The van der Waals surface area contributed by atoms with Gasteiger partial charge in [-0.2, -0.15) is 5.11 Å². The molecule has 0 bridgehead atoms. The van der Waals surface area contributed by atoms with Crippen molar-refractivity contribution in [3.05, 3.63) is 34.3 Å². The molecule has 2 rings (SSSR count). The number of hydrogen-bond donors (Lipinski definition) is 1. The van der Waals surface area contributed by atoms with E-state index >= 15 is 0 Å². The number of hydrogen-bond acceptors (Lipinski definition) is 8. The summed E-state index contributed by atoms with van der Waals surface area (Å²) < 4.78 is 21.7. The van der Waals surface area contributed by atoms with Gasteiger partial charge in [-0.15, -0.1) is 5.11 Å². The lowest BCUT2D eigenvalue weighted by molar-refractivity contribution is -0.126. The molecule has 2 aromatic carbocycles. The number of nitrogens with one attached hydrogen (secondary N) is 1. The minimum Gasteiger partial charge on any atom is -0.493 e. The molecule has 33 heavy (non-hydrogen) atoms. The Morgan fingerprint density at radius 3 is 2.15 bits per heavy atom. The Morgan fingerprint density at radius 1 is 0.939 bits per heavy atom. The second-order valence-corrected chi connectivity index (χ2v) is 7.28. The fourth-order valence-electron chi connectivity index (χ4n) is 2.82. The van der Waals surface area contributed by atoms with E-state index in [2.05, 4.69) is 15.5 Å². The first-order valence-corrected chi connectivity index (χ1v) is 10.7. The van der Waals surface area contributed by atoms with Crippen LogP contribution in [0.5, 0.6) is 23.0 Å². The summed E-state index contributed by atoms with van der Waals surface area (Å²) in [5.41, 5.74) is 0.306. The van der Waals surface area contributed by atoms with E-state index < -0.39 is 17.7 Å². The highest BCUT2D eigenvalue weighted by molar-refractivity contribution is 6.34. The summed E-state index contributed by atoms with van der Waals surface area (Å²) in [6.07, 6.45) is 0. The first kappa shape index (κ1) is 26.2. The molecule has 0 saturated heterocycles. The van der Waals surface area contributed by atoms with Crippen LogP contribution in [0.3, 0.4) is 0 Å². The van der Waals surface area contributed by atoms with Gasteiger partial charge in [-0.25, -0.2) is 0 Å². The van der Waals surface area contributed by atoms with E-state index in [9.17, 15) is 9.59 Å². The van der Waals surface area contributed by atoms with Crippen LogP contribution in [0.15, 0.2) is 34.5 Å². The molecule has 1 atom stereocenters. The summed E-state index contributed by atoms with van der Waals surface area (Å²) in [5.74, 6) is -0.197. The van der Waals surface area contributed by atoms with Crippen LogP contribution in [0.25, 0.3) is 0 Å². The predicted molar refractivity (Wildman–Crippen MR) is 126 cm³/mol. The minimum atomic E-state index is -1.49. The number of Topliss-reactive ketones (excluding diaryl/α,β-unsaturated/α-hetero) is 1. The Morgan fingerprint density at radius 2 is 1.58 bits per heavy atom. The number of ether oxygens (including phenoxy) is 4. The Balaban J connectivity index is 2.45. The molecule has 2 aromatic rings. The van der Waals surface area contributed by atoms with E-state index in [-0.39, 0.29) is 32.9 Å². The van der Waals surface area contributed by atoms with Gasteiger partial charge in [-0.3, -0.25) is 9.59 Å². The van der Waals surface area contributed by atoms with Crippen LogP contribution in [-0.4, -0.2) is 45.2 Å². The number of azo groups is 1. The van der Waals surface area contributed by atoms with Crippen molar-refractivity contribution in [1.82, 2.24) is 0 Å². The summed E-state index contributed by atoms with van der Waals surface area (Å²) >= 11 is 12.5. The monoisotopic (exact) mass is 497 g/mol. The molecule has 178 valence electrons. The van der Waals surface area contributed by atoms with Crippen LogP contribution < -0.4 is 24.3 Å². The van der Waals surface area contributed by atoms with Gasteiger partial charge < -0.3 is 24.3 Å². The summed E-state index contributed by atoms with van der Waals surface area (Å²) in [6.45, 7) is 5.45. The van der Waals surface area contributed by atoms with Crippen molar-refractivity contribution in [3.8, 4) is 23.0 Å². The van der Waals surface area contributed by atoms with E-state index in [4.69, 9.17) is 42.1 Å². The lowest BCUT2D eigenvalue weighted by atomic mass is 10.2. The third kappa shape index (κ3) is 6.27. The number of anilines is 1. The molecule has 0 spiro atoms. The molecule has 1 unspecified atom stereocenters. The first-order chi connectivity index (χ1) is 15.8. The largest absolute Gasteiger partial charge is 0.493 e. The molecule has 0 aliphatic rings. The van der Waals surface area contributed by atoms with Gasteiger partial charge in [0.05, 0.1) is 37.5 Å². The Hall–Kier alpha value is -3.04. The van der Waals surface area contributed by atoms with Crippen molar-refractivity contribution in [2.45, 2.75) is 26.8 Å². The van der Waals surface area contributed by atoms with Crippen molar-refractivity contribution in [1.29, 1.82) is 0 Å². The number of carbonyl (C=O) groups is 2. The van der Waals surface area contributed by atoms with E-state index in [1.54, 1.807) is 32.0 Å². The van der Waals surface area contributed by atoms with Gasteiger partial charge in [-0.05, 0) is 45.0 Å². The van der Waals surface area contributed by atoms with E-state index in [1.165, 1.54) is 27.2 Å². The maximum absolute atomic E-state index is 13.0. The SMILES string of the molecule is CCOc1ccc(Cl)c(OCC)c1N=NC(C(C)=O)C(=O)Nc1c(Cl)ccc(OC)c1OC. The highest BCUT2D eigenvalue weighted by Crippen LogP contribution is 2.43. The van der Waals surface area contributed by atoms with Crippen molar-refractivity contribution < 1.29 is 28.5 Å². The maximum Gasteiger partial charge on any atom is 0.258 e. The van der Waals surface area contributed by atoms with Gasteiger partial charge >= 0.3 is 0 Å². The number of halogens is 2. The zero-order valence-electron chi connectivity index (χ0n) is 18.9. The van der Waals surface area contributed by atoms with Crippen LogP contribution in [0, 0.1) is 0 Å². The molecule has 0 aromatic heterocycles. The van der Waals surface area contributed by atoms with Gasteiger partial charge in [-0.1, -0.05) is 23.2 Å². The van der Waals surface area contributed by atoms with Crippen LogP contribution >= 0.6 is 23.2 Å². The van der Waals surface area contributed by atoms with Crippen molar-refractivity contribution in [2.24, 2.45) is 10.2 Å². The molecule has 0 fully saturated rings. The highest BCUT2D eigenvalue weighted by atomic mass is 35.5. The average molecular weight is 498 g/mol. The van der Waals surface area contributed by atoms with Gasteiger partial charge in [0.2, 0.25) is 6.04 Å². The number of benzene rings is 2. The molecule has 0 radical (unpaired) electrons. The molecule has 9 nitrogen and oxygen atoms in total. The first-order valence-electron chi connectivity index (χ1n) is 9.99. The van der Waals surface area contributed by atoms with Crippen LogP contribution in [0.4, 0.5) is 11.4 Å². The third-order valence-corrected chi connectivity index (χ3v) is 4.90. The van der Waals surface area contributed by atoms with Gasteiger partial charge in [0, 0.05) is 0 Å². The normalized spacial score (nSPS) is 11.7. The number of amides is 1. The second-order valence-electron chi connectivity index (χ2n) is 6.47. The molecular weight excluding hydrogens is 473 g/mol. The lowest BCUT2D eigenvalue weighted by Crippen LogP contribution is -2.32. The molecule has 0 saturated carbocycles. The van der Waals surface area contributed by atoms with Crippen molar-refractivity contribution >= 4 is 46.3 Å². The Bertz CT molecular complexity index is 1050. The number of nitrogens with zero attached hydrogens (tertiary/aromatic N) is 2. The molecule has 0 aliphatic carbocycles. The Labute approximate surface area is 202 Å². The molecule has 1 amide bonds. The maximum atomic E-state index is 13.0. The molecule has 11 heteroatoms. The summed E-state index contributed by atoms with van der Waals surface area (Å²) in [5, 5.41) is 11.1. The second kappa shape index (κ2) is 12.3. The Kier molecular flexibility index (Phi) is 9.74. The van der Waals surface area contributed by atoms with Gasteiger partial charge in [0.1, 0.15) is 5.69 Å². The van der Waals surface area contributed by atoms with Crippen LogP contribution in [0.2, 0.25) is 10.0 Å². The molecule has 0 aliphatic heterocycles. The van der Waals surface area contributed by atoms with E-state index in [1.807, 2.05) is 0 Å². The van der Waals surface area contributed by atoms with Crippen LogP contribution in [0.1, 0.15) is 20.8 Å². The molecule has 1 N–H and O–H groups in total. The zero-order chi connectivity index (χ0) is 24.5. The standard InChI is InChI=1S/C22H25Cl2N3O6/c1-6-32-15-10-9-14(24)20(33-7-2)19(15)27-26-17(12(3)28)22(29)25-18-13(23)8-11-16(30-4)21(18)31-5/h8-11,17H,6-7H2,1-5H3,(H,25,29). The molecular formula is C22H25Cl2N3O6. The van der Waals surface area contributed by atoms with E-state index in [0.29, 0.717) is 24.7 Å². The number of ketones is 1. The predicted octanol–water partition coefficient (Wildman–Crippen LogP) is 5.49. The fourth-order valence-corrected chi connectivity index (χ4v) is 3.22. The minimum absolute atomic E-state index is 0.137. The topological polar surface area (TPSA) is 108 Å². The number of methoxy groups -OCH3 is 2. The summed E-state index contributed by atoms with van der Waals surface area (Å²) in [4.78, 5) is 25.2. The van der Waals surface area contributed by atoms with Crippen molar-refractivity contribution in [2.75, 3.05) is 32.8 Å². The molecule has 0 heterocycles. The van der Waals surface area contributed by atoms with Crippen LogP contribution in [-0.2, 0) is 9.59 Å². The third-order valence-electron chi connectivity index (χ3n) is 4.28. The van der Waals surface area contributed by atoms with Gasteiger partial charge in [0.15, 0.2) is 34.5 Å². The quantitative estimate of drug-likeness (QED) is 0.324.